The first-order valence-corrected chi connectivity index (χ1v) is 3.64. The van der Waals surface area contributed by atoms with Crippen LogP contribution in [0.15, 0.2) is 25.0 Å². The monoisotopic (exact) mass is 178 g/mol. The molecule has 1 rings (SSSR count). The summed E-state index contributed by atoms with van der Waals surface area (Å²) in [7, 11) is 1.30. The average Bonchev–Trinajstić information content (AvgIpc) is 2.16. The number of pyridine rings is 1. The van der Waals surface area contributed by atoms with E-state index in [-0.39, 0.29) is 5.57 Å². The summed E-state index contributed by atoms with van der Waals surface area (Å²) in [5.41, 5.74) is 6.79. The molecule has 0 spiro atoms. The second-order valence-corrected chi connectivity index (χ2v) is 2.43. The smallest absolute Gasteiger partial charge is 0.337 e. The van der Waals surface area contributed by atoms with Gasteiger partial charge in [0.05, 0.1) is 24.6 Å². The van der Waals surface area contributed by atoms with Gasteiger partial charge in [-0.25, -0.2) is 4.79 Å². The van der Waals surface area contributed by atoms with Crippen molar-refractivity contribution in [2.24, 2.45) is 0 Å². The van der Waals surface area contributed by atoms with Crippen molar-refractivity contribution in [2.75, 3.05) is 12.8 Å². The van der Waals surface area contributed by atoms with Crippen molar-refractivity contribution in [2.45, 2.75) is 0 Å². The van der Waals surface area contributed by atoms with Crippen molar-refractivity contribution in [3.8, 4) is 0 Å². The van der Waals surface area contributed by atoms with Crippen LogP contribution in [0.2, 0.25) is 0 Å². The standard InChI is InChI=1S/C9H10N2O2/c1-6(9(12)13-2)7-3-4-11-5-8(7)10/h3-5H,1,10H2,2H3. The van der Waals surface area contributed by atoms with Gasteiger partial charge in [0.25, 0.3) is 0 Å². The second kappa shape index (κ2) is 3.71. The molecule has 0 aliphatic carbocycles. The van der Waals surface area contributed by atoms with Gasteiger partial charge < -0.3 is 10.5 Å². The molecule has 0 unspecified atom stereocenters. The fourth-order valence-corrected chi connectivity index (χ4v) is 0.915. The largest absolute Gasteiger partial charge is 0.465 e. The Balaban J connectivity index is 3.02. The molecule has 0 aliphatic heterocycles. The molecule has 0 saturated heterocycles. The lowest BCUT2D eigenvalue weighted by Crippen LogP contribution is -2.05. The normalized spacial score (nSPS) is 9.31. The SMILES string of the molecule is C=C(C(=O)OC)c1ccncc1N. The Hall–Kier alpha value is -1.84. The highest BCUT2D eigenvalue weighted by atomic mass is 16.5. The van der Waals surface area contributed by atoms with Crippen molar-refractivity contribution in [1.82, 2.24) is 4.98 Å². The van der Waals surface area contributed by atoms with Crippen molar-refractivity contribution in [3.63, 3.8) is 0 Å². The summed E-state index contributed by atoms with van der Waals surface area (Å²) in [5.74, 6) is -0.488. The average molecular weight is 178 g/mol. The predicted molar refractivity (Wildman–Crippen MR) is 49.7 cm³/mol. The maximum absolute atomic E-state index is 11.1. The van der Waals surface area contributed by atoms with Gasteiger partial charge in [0, 0.05) is 11.8 Å². The van der Waals surface area contributed by atoms with Crippen LogP contribution >= 0.6 is 0 Å². The lowest BCUT2D eigenvalue weighted by atomic mass is 10.1. The fraction of sp³-hybridized carbons (Fsp3) is 0.111. The zero-order valence-electron chi connectivity index (χ0n) is 7.28. The van der Waals surface area contributed by atoms with Crippen LogP contribution in [0.25, 0.3) is 5.57 Å². The molecule has 0 saturated carbocycles. The number of anilines is 1. The van der Waals surface area contributed by atoms with Gasteiger partial charge in [0.15, 0.2) is 0 Å². The van der Waals surface area contributed by atoms with Crippen LogP contribution in [0, 0.1) is 0 Å². The molecule has 4 heteroatoms. The lowest BCUT2D eigenvalue weighted by molar-refractivity contribution is -0.133. The maximum Gasteiger partial charge on any atom is 0.337 e. The van der Waals surface area contributed by atoms with Crippen LogP contribution in [0.1, 0.15) is 5.56 Å². The number of rotatable bonds is 2. The van der Waals surface area contributed by atoms with Crippen LogP contribution in [0.5, 0.6) is 0 Å². The highest BCUT2D eigenvalue weighted by Gasteiger charge is 2.11. The molecular formula is C9H10N2O2. The van der Waals surface area contributed by atoms with Gasteiger partial charge in [0.1, 0.15) is 0 Å². The molecule has 4 nitrogen and oxygen atoms in total. The second-order valence-electron chi connectivity index (χ2n) is 2.43. The molecule has 0 fully saturated rings. The number of nitrogens with zero attached hydrogens (tertiary/aromatic N) is 1. The predicted octanol–water partition coefficient (Wildman–Crippen LogP) is 0.850. The number of ether oxygens (including phenoxy) is 1. The van der Waals surface area contributed by atoms with Gasteiger partial charge in [-0.05, 0) is 6.07 Å². The van der Waals surface area contributed by atoms with Crippen LogP contribution in [0.3, 0.4) is 0 Å². The zero-order valence-corrected chi connectivity index (χ0v) is 7.28. The lowest BCUT2D eigenvalue weighted by Gasteiger charge is -2.05. The summed E-state index contributed by atoms with van der Waals surface area (Å²) >= 11 is 0. The summed E-state index contributed by atoms with van der Waals surface area (Å²) in [6, 6.07) is 1.62. The van der Waals surface area contributed by atoms with Gasteiger partial charge in [-0.1, -0.05) is 6.58 Å². The Morgan fingerprint density at radius 2 is 2.38 bits per heavy atom. The first kappa shape index (κ1) is 9.25. The quantitative estimate of drug-likeness (QED) is 0.538. The minimum absolute atomic E-state index is 0.238. The van der Waals surface area contributed by atoms with Gasteiger partial charge >= 0.3 is 5.97 Å². The van der Waals surface area contributed by atoms with Gasteiger partial charge in [0.2, 0.25) is 0 Å². The van der Waals surface area contributed by atoms with Gasteiger partial charge in [-0.15, -0.1) is 0 Å². The number of carbonyl (C=O) groups is 1. The summed E-state index contributed by atoms with van der Waals surface area (Å²) in [5, 5.41) is 0. The Kier molecular flexibility index (Phi) is 2.64. The van der Waals surface area contributed by atoms with Crippen LogP contribution < -0.4 is 5.73 Å². The number of aromatic nitrogens is 1. The molecule has 1 aromatic rings. The maximum atomic E-state index is 11.1. The number of carbonyl (C=O) groups excluding carboxylic acids is 1. The third kappa shape index (κ3) is 1.84. The molecule has 2 N–H and O–H groups in total. The van der Waals surface area contributed by atoms with Crippen LogP contribution in [-0.2, 0) is 9.53 Å². The molecule has 1 aromatic heterocycles. The molecule has 0 bridgehead atoms. The summed E-state index contributed by atoms with van der Waals surface area (Å²) in [6.45, 7) is 3.57. The van der Waals surface area contributed by atoms with Gasteiger partial charge in [-0.3, -0.25) is 4.98 Å². The summed E-state index contributed by atoms with van der Waals surface area (Å²) < 4.78 is 4.51. The molecule has 0 radical (unpaired) electrons. The van der Waals surface area contributed by atoms with E-state index in [2.05, 4.69) is 16.3 Å². The number of nitrogens with two attached hydrogens (primary N) is 1. The topological polar surface area (TPSA) is 65.2 Å². The van der Waals surface area contributed by atoms with E-state index in [1.165, 1.54) is 13.3 Å². The Morgan fingerprint density at radius 1 is 1.69 bits per heavy atom. The van der Waals surface area contributed by atoms with E-state index < -0.39 is 5.97 Å². The van der Waals surface area contributed by atoms with E-state index in [4.69, 9.17) is 5.73 Å². The fourth-order valence-electron chi connectivity index (χ4n) is 0.915. The van der Waals surface area contributed by atoms with Crippen LogP contribution in [-0.4, -0.2) is 18.1 Å². The number of esters is 1. The van der Waals surface area contributed by atoms with Crippen molar-refractivity contribution < 1.29 is 9.53 Å². The highest BCUT2D eigenvalue weighted by Crippen LogP contribution is 2.18. The Morgan fingerprint density at radius 3 is 2.92 bits per heavy atom. The minimum atomic E-state index is -0.488. The first-order valence-electron chi connectivity index (χ1n) is 3.64. The van der Waals surface area contributed by atoms with E-state index in [9.17, 15) is 4.79 Å². The van der Waals surface area contributed by atoms with E-state index in [1.54, 1.807) is 12.3 Å². The summed E-state index contributed by atoms with van der Waals surface area (Å²) in [4.78, 5) is 14.9. The van der Waals surface area contributed by atoms with E-state index in [0.29, 0.717) is 11.3 Å². The number of methoxy groups -OCH3 is 1. The molecule has 13 heavy (non-hydrogen) atoms. The van der Waals surface area contributed by atoms with Crippen molar-refractivity contribution >= 4 is 17.2 Å². The Bertz CT molecular complexity index is 347. The van der Waals surface area contributed by atoms with Crippen LogP contribution in [0.4, 0.5) is 5.69 Å². The summed E-state index contributed by atoms with van der Waals surface area (Å²) in [6.07, 6.45) is 3.00. The molecule has 0 aromatic carbocycles. The molecule has 1 heterocycles. The van der Waals surface area contributed by atoms with E-state index in [0.717, 1.165) is 0 Å². The first-order chi connectivity index (χ1) is 6.16. The number of hydrogen-bond donors (Lipinski definition) is 1. The highest BCUT2D eigenvalue weighted by molar-refractivity contribution is 6.16. The third-order valence-corrected chi connectivity index (χ3v) is 1.61. The number of nitrogen functional groups attached to an aromatic ring is 1. The van der Waals surface area contributed by atoms with E-state index in [1.807, 2.05) is 0 Å². The molecule has 0 aliphatic rings. The van der Waals surface area contributed by atoms with Crippen molar-refractivity contribution in [3.05, 3.63) is 30.6 Å². The minimum Gasteiger partial charge on any atom is -0.465 e. The third-order valence-electron chi connectivity index (χ3n) is 1.61. The zero-order chi connectivity index (χ0) is 9.84. The molecule has 0 atom stereocenters. The number of hydrogen-bond acceptors (Lipinski definition) is 4. The van der Waals surface area contributed by atoms with Crippen molar-refractivity contribution in [1.29, 1.82) is 0 Å². The van der Waals surface area contributed by atoms with E-state index >= 15 is 0 Å². The Labute approximate surface area is 76.0 Å². The molecule has 68 valence electrons. The van der Waals surface area contributed by atoms with Gasteiger partial charge in [-0.2, -0.15) is 0 Å². The molecular weight excluding hydrogens is 168 g/mol. The molecule has 0 amide bonds.